The van der Waals surface area contributed by atoms with Crippen molar-refractivity contribution in [1.29, 1.82) is 0 Å². The summed E-state index contributed by atoms with van der Waals surface area (Å²) >= 11 is 0. The van der Waals surface area contributed by atoms with Gasteiger partial charge in [0.1, 0.15) is 6.61 Å². The third-order valence-corrected chi connectivity index (χ3v) is 1.94. The van der Waals surface area contributed by atoms with Gasteiger partial charge in [0.15, 0.2) is 5.78 Å². The highest BCUT2D eigenvalue weighted by molar-refractivity contribution is 5.81. The van der Waals surface area contributed by atoms with E-state index in [1.807, 2.05) is 13.1 Å². The maximum absolute atomic E-state index is 11.4. The summed E-state index contributed by atoms with van der Waals surface area (Å²) in [5, 5.41) is 4.09. The van der Waals surface area contributed by atoms with Gasteiger partial charge in [-0.05, 0) is 12.5 Å². The molecule has 0 aliphatic heterocycles. The Morgan fingerprint density at radius 3 is 3.07 bits per heavy atom. The Hall–Kier alpha value is -1.20. The Bertz CT molecular complexity index is 309. The second kappa shape index (κ2) is 6.31. The number of hydrogen-bond donors (Lipinski definition) is 1. The van der Waals surface area contributed by atoms with Crippen molar-refractivity contribution in [2.45, 2.75) is 19.9 Å². The highest BCUT2D eigenvalue weighted by atomic mass is 16.5. The Balaban J connectivity index is 2.31. The predicted octanol–water partition coefficient (Wildman–Crippen LogP) is -0.0101. The van der Waals surface area contributed by atoms with Crippen molar-refractivity contribution in [2.75, 3.05) is 19.8 Å². The molecule has 15 heavy (non-hydrogen) atoms. The van der Waals surface area contributed by atoms with Crippen molar-refractivity contribution < 1.29 is 9.53 Å². The van der Waals surface area contributed by atoms with E-state index in [1.165, 1.54) is 0 Å². The first kappa shape index (κ1) is 11.9. The van der Waals surface area contributed by atoms with E-state index in [4.69, 9.17) is 10.5 Å². The average Bonchev–Trinajstić information content (AvgIpc) is 2.66. The molecule has 0 aliphatic rings. The number of Topliss-reactive ketones (excluding diaryl/α,β-unsaturated/α-hetero) is 1. The molecule has 0 radical (unpaired) electrons. The largest absolute Gasteiger partial charge is 0.372 e. The van der Waals surface area contributed by atoms with Crippen LogP contribution in [0.25, 0.3) is 0 Å². The van der Waals surface area contributed by atoms with Crippen LogP contribution in [0.4, 0.5) is 0 Å². The highest BCUT2D eigenvalue weighted by Crippen LogP contribution is 1.99. The van der Waals surface area contributed by atoms with Gasteiger partial charge in [-0.25, -0.2) is 0 Å². The lowest BCUT2D eigenvalue weighted by atomic mass is 10.2. The topological polar surface area (TPSA) is 70.1 Å². The van der Waals surface area contributed by atoms with Gasteiger partial charge in [-0.15, -0.1) is 0 Å². The molecule has 0 bridgehead atoms. The van der Waals surface area contributed by atoms with Crippen molar-refractivity contribution in [2.24, 2.45) is 5.73 Å². The standard InChI is InChI=1S/C10H17N3O2/c1-2-13-7-9(6-12-13)5-10(14)8-15-4-3-11/h6-7H,2-5,8,11H2,1H3. The van der Waals surface area contributed by atoms with Gasteiger partial charge in [0.2, 0.25) is 0 Å². The van der Waals surface area contributed by atoms with E-state index in [-0.39, 0.29) is 12.4 Å². The first-order valence-electron chi connectivity index (χ1n) is 5.07. The molecule has 0 fully saturated rings. The summed E-state index contributed by atoms with van der Waals surface area (Å²) in [6, 6.07) is 0. The summed E-state index contributed by atoms with van der Waals surface area (Å²) in [6.45, 7) is 3.83. The fraction of sp³-hybridized carbons (Fsp3) is 0.600. The number of rotatable bonds is 7. The van der Waals surface area contributed by atoms with Crippen LogP contribution < -0.4 is 5.73 Å². The Morgan fingerprint density at radius 1 is 1.67 bits per heavy atom. The fourth-order valence-electron chi connectivity index (χ4n) is 1.22. The quantitative estimate of drug-likeness (QED) is 0.644. The maximum Gasteiger partial charge on any atom is 0.162 e. The normalized spacial score (nSPS) is 10.5. The van der Waals surface area contributed by atoms with Crippen LogP contribution in [0.1, 0.15) is 12.5 Å². The van der Waals surface area contributed by atoms with Gasteiger partial charge < -0.3 is 10.5 Å². The number of nitrogens with two attached hydrogens (primary N) is 1. The molecule has 0 unspecified atom stereocenters. The number of ketones is 1. The van der Waals surface area contributed by atoms with E-state index in [0.29, 0.717) is 19.6 Å². The predicted molar refractivity (Wildman–Crippen MR) is 56.5 cm³/mol. The monoisotopic (exact) mass is 211 g/mol. The molecule has 1 rings (SSSR count). The van der Waals surface area contributed by atoms with Gasteiger partial charge in [0.25, 0.3) is 0 Å². The Labute approximate surface area is 89.2 Å². The molecule has 0 atom stereocenters. The van der Waals surface area contributed by atoms with Crippen LogP contribution in [0, 0.1) is 0 Å². The number of hydrogen-bond acceptors (Lipinski definition) is 4. The lowest BCUT2D eigenvalue weighted by Crippen LogP contribution is -2.15. The van der Waals surface area contributed by atoms with Crippen molar-refractivity contribution in [1.82, 2.24) is 9.78 Å². The molecule has 0 spiro atoms. The summed E-state index contributed by atoms with van der Waals surface area (Å²) < 4.78 is 6.84. The number of aromatic nitrogens is 2. The third-order valence-electron chi connectivity index (χ3n) is 1.94. The SMILES string of the molecule is CCn1cc(CC(=O)COCCN)cn1. The van der Waals surface area contributed by atoms with Crippen LogP contribution in [0.5, 0.6) is 0 Å². The molecule has 84 valence electrons. The minimum atomic E-state index is 0.0547. The molecule has 1 heterocycles. The summed E-state index contributed by atoms with van der Waals surface area (Å²) in [7, 11) is 0. The Kier molecular flexibility index (Phi) is 5.00. The Morgan fingerprint density at radius 2 is 2.47 bits per heavy atom. The van der Waals surface area contributed by atoms with E-state index < -0.39 is 0 Å². The second-order valence-electron chi connectivity index (χ2n) is 3.26. The maximum atomic E-state index is 11.4. The molecule has 2 N–H and O–H groups in total. The molecule has 0 aliphatic carbocycles. The minimum Gasteiger partial charge on any atom is -0.372 e. The molecule has 1 aromatic heterocycles. The van der Waals surface area contributed by atoms with Crippen molar-refractivity contribution in [3.8, 4) is 0 Å². The number of carbonyl (C=O) groups excluding carboxylic acids is 1. The minimum absolute atomic E-state index is 0.0547. The van der Waals surface area contributed by atoms with Crippen LogP contribution in [-0.4, -0.2) is 35.3 Å². The lowest BCUT2D eigenvalue weighted by molar-refractivity contribution is -0.122. The van der Waals surface area contributed by atoms with E-state index in [1.54, 1.807) is 10.9 Å². The molecule has 0 aromatic carbocycles. The first-order chi connectivity index (χ1) is 7.26. The highest BCUT2D eigenvalue weighted by Gasteiger charge is 2.05. The zero-order chi connectivity index (χ0) is 11.1. The summed E-state index contributed by atoms with van der Waals surface area (Å²) in [5.74, 6) is 0.0547. The van der Waals surface area contributed by atoms with E-state index in [0.717, 1.165) is 12.1 Å². The van der Waals surface area contributed by atoms with Crippen LogP contribution >= 0.6 is 0 Å². The van der Waals surface area contributed by atoms with Gasteiger partial charge in [0, 0.05) is 25.7 Å². The number of carbonyl (C=O) groups is 1. The van der Waals surface area contributed by atoms with Crippen molar-refractivity contribution in [3.63, 3.8) is 0 Å². The van der Waals surface area contributed by atoms with Crippen LogP contribution in [0.3, 0.4) is 0 Å². The van der Waals surface area contributed by atoms with Gasteiger partial charge >= 0.3 is 0 Å². The van der Waals surface area contributed by atoms with E-state index >= 15 is 0 Å². The number of ether oxygens (including phenoxy) is 1. The second-order valence-corrected chi connectivity index (χ2v) is 3.26. The molecule has 1 aromatic rings. The average molecular weight is 211 g/mol. The van der Waals surface area contributed by atoms with Gasteiger partial charge in [-0.1, -0.05) is 0 Å². The lowest BCUT2D eigenvalue weighted by Gasteiger charge is -2.00. The summed E-state index contributed by atoms with van der Waals surface area (Å²) in [4.78, 5) is 11.4. The molecule has 5 heteroatoms. The smallest absolute Gasteiger partial charge is 0.162 e. The summed E-state index contributed by atoms with van der Waals surface area (Å²) in [6.07, 6.45) is 3.97. The van der Waals surface area contributed by atoms with Crippen molar-refractivity contribution in [3.05, 3.63) is 18.0 Å². The molecule has 0 saturated carbocycles. The fourth-order valence-corrected chi connectivity index (χ4v) is 1.22. The van der Waals surface area contributed by atoms with Crippen LogP contribution in [0.15, 0.2) is 12.4 Å². The molecular weight excluding hydrogens is 194 g/mol. The van der Waals surface area contributed by atoms with Crippen molar-refractivity contribution >= 4 is 5.78 Å². The zero-order valence-electron chi connectivity index (χ0n) is 8.98. The summed E-state index contributed by atoms with van der Waals surface area (Å²) in [5.41, 5.74) is 6.17. The zero-order valence-corrected chi connectivity index (χ0v) is 8.98. The number of aryl methyl sites for hydroxylation is 1. The van der Waals surface area contributed by atoms with Crippen LogP contribution in [0.2, 0.25) is 0 Å². The third kappa shape index (κ3) is 4.22. The van der Waals surface area contributed by atoms with E-state index in [9.17, 15) is 4.79 Å². The van der Waals surface area contributed by atoms with E-state index in [2.05, 4.69) is 5.10 Å². The first-order valence-corrected chi connectivity index (χ1v) is 5.07. The molecular formula is C10H17N3O2. The molecule has 0 saturated heterocycles. The van der Waals surface area contributed by atoms with Gasteiger partial charge in [-0.2, -0.15) is 5.10 Å². The van der Waals surface area contributed by atoms with Gasteiger partial charge in [0.05, 0.1) is 12.8 Å². The molecule has 5 nitrogen and oxygen atoms in total. The molecule has 0 amide bonds. The van der Waals surface area contributed by atoms with Crippen LogP contribution in [-0.2, 0) is 22.5 Å². The van der Waals surface area contributed by atoms with Gasteiger partial charge in [-0.3, -0.25) is 9.48 Å². The number of nitrogens with zero attached hydrogens (tertiary/aromatic N) is 2.